The van der Waals surface area contributed by atoms with E-state index in [1.165, 1.54) is 21.2 Å². The predicted octanol–water partition coefficient (Wildman–Crippen LogP) is 5.28. The summed E-state index contributed by atoms with van der Waals surface area (Å²) in [7, 11) is 0. The number of ether oxygens (including phenoxy) is 2. The lowest BCUT2D eigenvalue weighted by Crippen LogP contribution is -2.42. The first-order chi connectivity index (χ1) is 14.7. The summed E-state index contributed by atoms with van der Waals surface area (Å²) in [6.07, 6.45) is 3.40. The van der Waals surface area contributed by atoms with Gasteiger partial charge in [0.1, 0.15) is 18.2 Å². The van der Waals surface area contributed by atoms with Gasteiger partial charge in [0.25, 0.3) is 0 Å². The topological polar surface area (TPSA) is 47.7 Å². The molecule has 2 aliphatic rings. The van der Waals surface area contributed by atoms with E-state index in [1.807, 2.05) is 30.4 Å². The molecule has 0 spiro atoms. The fourth-order valence-electron chi connectivity index (χ4n) is 4.40. The summed E-state index contributed by atoms with van der Waals surface area (Å²) >= 11 is 1.83. The van der Waals surface area contributed by atoms with Gasteiger partial charge in [-0.3, -0.25) is 4.90 Å². The maximum Gasteiger partial charge on any atom is 0.207 e. The van der Waals surface area contributed by atoms with Crippen LogP contribution < -0.4 is 9.47 Å². The number of rotatable bonds is 3. The summed E-state index contributed by atoms with van der Waals surface area (Å²) in [6, 6.07) is 12.5. The van der Waals surface area contributed by atoms with Gasteiger partial charge in [0, 0.05) is 31.3 Å². The molecule has 0 saturated carbocycles. The smallest absolute Gasteiger partial charge is 0.207 e. The van der Waals surface area contributed by atoms with Crippen LogP contribution in [0.2, 0.25) is 0 Å². The van der Waals surface area contributed by atoms with Crippen molar-refractivity contribution in [3.63, 3.8) is 0 Å². The van der Waals surface area contributed by atoms with Crippen molar-refractivity contribution in [2.75, 3.05) is 26.2 Å². The number of oxazole rings is 1. The zero-order chi connectivity index (χ0) is 20.1. The van der Waals surface area contributed by atoms with E-state index in [9.17, 15) is 0 Å². The molecule has 2 aliphatic heterocycles. The molecule has 5 nitrogen and oxygen atoms in total. The van der Waals surface area contributed by atoms with Gasteiger partial charge in [-0.15, -0.1) is 11.3 Å². The average molecular weight is 419 g/mol. The molecule has 4 aromatic rings. The van der Waals surface area contributed by atoms with Gasteiger partial charge < -0.3 is 13.9 Å². The van der Waals surface area contributed by atoms with E-state index >= 15 is 0 Å². The minimum absolute atomic E-state index is 0.0227. The Morgan fingerprint density at radius 1 is 1.20 bits per heavy atom. The summed E-state index contributed by atoms with van der Waals surface area (Å²) < 4.78 is 19.4. The lowest BCUT2D eigenvalue weighted by Gasteiger charge is -2.32. The van der Waals surface area contributed by atoms with E-state index in [2.05, 4.69) is 45.6 Å². The molecule has 0 fully saturated rings. The summed E-state index contributed by atoms with van der Waals surface area (Å²) in [5.41, 5.74) is 4.34. The second-order valence-corrected chi connectivity index (χ2v) is 8.82. The molecule has 0 N–H and O–H groups in total. The van der Waals surface area contributed by atoms with Crippen LogP contribution in [0.5, 0.6) is 11.5 Å². The Bertz CT molecular complexity index is 1270. The largest absolute Gasteiger partial charge is 0.486 e. The monoisotopic (exact) mass is 418 g/mol. The minimum Gasteiger partial charge on any atom is -0.486 e. The number of aromatic nitrogens is 1. The molecule has 0 radical (unpaired) electrons. The highest BCUT2D eigenvalue weighted by molar-refractivity contribution is 7.17. The van der Waals surface area contributed by atoms with Crippen molar-refractivity contribution in [2.24, 2.45) is 0 Å². The van der Waals surface area contributed by atoms with Crippen LogP contribution in [-0.4, -0.2) is 42.2 Å². The SMILES string of the molecule is Cc1nc2ccc3c(c2o1)OC(CN1CC=C(c2csc4ccccc24)CC1)CO3. The van der Waals surface area contributed by atoms with E-state index in [0.717, 1.165) is 37.3 Å². The minimum atomic E-state index is -0.0227. The summed E-state index contributed by atoms with van der Waals surface area (Å²) in [6.45, 7) is 5.18. The Morgan fingerprint density at radius 2 is 2.13 bits per heavy atom. The van der Waals surface area contributed by atoms with Gasteiger partial charge in [-0.25, -0.2) is 4.98 Å². The summed E-state index contributed by atoms with van der Waals surface area (Å²) in [4.78, 5) is 6.83. The van der Waals surface area contributed by atoms with Gasteiger partial charge in [-0.05, 0) is 46.5 Å². The van der Waals surface area contributed by atoms with E-state index in [4.69, 9.17) is 13.9 Å². The molecule has 0 aliphatic carbocycles. The molecule has 6 rings (SSSR count). The number of hydrogen-bond donors (Lipinski definition) is 0. The standard InChI is InChI=1S/C24H22N2O3S/c1-15-25-20-6-7-21-24(23(20)28-15)29-17(13-27-21)12-26-10-8-16(9-11-26)19-14-30-22-5-3-2-4-18(19)22/h2-8,14,17H,9-13H2,1H3. The molecule has 0 saturated heterocycles. The number of benzene rings is 2. The van der Waals surface area contributed by atoms with Crippen LogP contribution in [0.25, 0.3) is 26.8 Å². The number of aryl methyl sites for hydroxylation is 1. The van der Waals surface area contributed by atoms with Crippen LogP contribution in [0.1, 0.15) is 17.9 Å². The van der Waals surface area contributed by atoms with Crippen molar-refractivity contribution in [2.45, 2.75) is 19.4 Å². The quantitative estimate of drug-likeness (QED) is 0.453. The van der Waals surface area contributed by atoms with Crippen molar-refractivity contribution in [3.05, 3.63) is 59.3 Å². The Kier molecular flexibility index (Phi) is 4.28. The third-order valence-electron chi connectivity index (χ3n) is 5.87. The first-order valence-electron chi connectivity index (χ1n) is 10.3. The van der Waals surface area contributed by atoms with Crippen molar-refractivity contribution >= 4 is 38.1 Å². The van der Waals surface area contributed by atoms with Gasteiger partial charge in [0.2, 0.25) is 11.3 Å². The molecule has 0 amide bonds. The Labute approximate surface area is 178 Å². The highest BCUT2D eigenvalue weighted by Crippen LogP contribution is 2.39. The second kappa shape index (κ2) is 7.15. The molecule has 1 atom stereocenters. The number of hydrogen-bond acceptors (Lipinski definition) is 6. The van der Waals surface area contributed by atoms with Crippen molar-refractivity contribution < 1.29 is 13.9 Å². The van der Waals surface area contributed by atoms with Crippen LogP contribution in [0.3, 0.4) is 0 Å². The Hall–Kier alpha value is -2.83. The molecular formula is C24H22N2O3S. The maximum absolute atomic E-state index is 6.30. The van der Waals surface area contributed by atoms with E-state index in [0.29, 0.717) is 23.8 Å². The van der Waals surface area contributed by atoms with Crippen molar-refractivity contribution in [1.82, 2.24) is 9.88 Å². The molecule has 152 valence electrons. The van der Waals surface area contributed by atoms with Crippen LogP contribution in [0.4, 0.5) is 0 Å². The fourth-order valence-corrected chi connectivity index (χ4v) is 5.38. The van der Waals surface area contributed by atoms with Gasteiger partial charge in [0.15, 0.2) is 11.6 Å². The first-order valence-corrected chi connectivity index (χ1v) is 11.2. The molecule has 2 aromatic carbocycles. The Morgan fingerprint density at radius 3 is 3.03 bits per heavy atom. The molecule has 30 heavy (non-hydrogen) atoms. The van der Waals surface area contributed by atoms with Gasteiger partial charge in [-0.2, -0.15) is 0 Å². The highest BCUT2D eigenvalue weighted by atomic mass is 32.1. The molecular weight excluding hydrogens is 396 g/mol. The third kappa shape index (κ3) is 3.07. The van der Waals surface area contributed by atoms with E-state index < -0.39 is 0 Å². The zero-order valence-corrected chi connectivity index (χ0v) is 17.6. The van der Waals surface area contributed by atoms with Crippen molar-refractivity contribution in [3.8, 4) is 11.5 Å². The molecule has 0 bridgehead atoms. The molecule has 6 heteroatoms. The lowest BCUT2D eigenvalue weighted by atomic mass is 9.99. The molecule has 2 aromatic heterocycles. The number of fused-ring (bicyclic) bond motifs is 4. The Balaban J connectivity index is 1.17. The summed E-state index contributed by atoms with van der Waals surface area (Å²) in [5, 5.41) is 3.67. The van der Waals surface area contributed by atoms with Crippen LogP contribution in [-0.2, 0) is 0 Å². The van der Waals surface area contributed by atoms with Crippen molar-refractivity contribution in [1.29, 1.82) is 0 Å². The predicted molar refractivity (Wildman–Crippen MR) is 120 cm³/mol. The number of nitrogens with zero attached hydrogens (tertiary/aromatic N) is 2. The van der Waals surface area contributed by atoms with Gasteiger partial charge in [0.05, 0.1) is 0 Å². The van der Waals surface area contributed by atoms with Gasteiger partial charge >= 0.3 is 0 Å². The van der Waals surface area contributed by atoms with Crippen LogP contribution >= 0.6 is 11.3 Å². The average Bonchev–Trinajstić information content (AvgIpc) is 3.37. The molecule has 1 unspecified atom stereocenters. The second-order valence-electron chi connectivity index (χ2n) is 7.91. The van der Waals surface area contributed by atoms with E-state index in [-0.39, 0.29) is 6.10 Å². The zero-order valence-electron chi connectivity index (χ0n) is 16.8. The van der Waals surface area contributed by atoms with E-state index in [1.54, 1.807) is 0 Å². The molecule has 4 heterocycles. The van der Waals surface area contributed by atoms with Crippen LogP contribution in [0, 0.1) is 6.92 Å². The van der Waals surface area contributed by atoms with Crippen LogP contribution in [0.15, 0.2) is 52.3 Å². The third-order valence-corrected chi connectivity index (χ3v) is 6.84. The first kappa shape index (κ1) is 18.0. The normalized spacial score (nSPS) is 19.4. The highest BCUT2D eigenvalue weighted by Gasteiger charge is 2.27. The summed E-state index contributed by atoms with van der Waals surface area (Å²) in [5.74, 6) is 2.06. The fraction of sp³-hybridized carbons (Fsp3) is 0.292. The lowest BCUT2D eigenvalue weighted by molar-refractivity contribution is 0.0621. The van der Waals surface area contributed by atoms with Gasteiger partial charge in [-0.1, -0.05) is 24.3 Å². The number of thiophene rings is 1. The maximum atomic E-state index is 6.30.